The Morgan fingerprint density at radius 3 is 2.44 bits per heavy atom. The van der Waals surface area contributed by atoms with Gasteiger partial charge in [0.2, 0.25) is 0 Å². The van der Waals surface area contributed by atoms with E-state index in [0.717, 1.165) is 22.0 Å². The highest BCUT2D eigenvalue weighted by Crippen LogP contribution is 2.26. The zero-order chi connectivity index (χ0) is 17.2. The largest absolute Gasteiger partial charge is 0.451 e. The number of benzene rings is 3. The molecular weight excluding hydrogens is 334 g/mol. The second-order valence-electron chi connectivity index (χ2n) is 5.65. The smallest absolute Gasteiger partial charge is 0.291 e. The molecule has 0 fully saturated rings. The summed E-state index contributed by atoms with van der Waals surface area (Å²) in [6, 6.07) is 24.4. The highest BCUT2D eigenvalue weighted by atomic mass is 35.5. The van der Waals surface area contributed by atoms with Crippen LogP contribution in [-0.4, -0.2) is 5.91 Å². The van der Waals surface area contributed by atoms with Gasteiger partial charge >= 0.3 is 0 Å². The first-order chi connectivity index (χ1) is 12.2. The molecule has 1 N–H and O–H groups in total. The standard InChI is InChI=1S/C21H14ClNO2/c22-16-10-8-15(9-11-16)19-12-13-20(25-19)21(24)23-18-7-3-5-14-4-1-2-6-17(14)18/h1-13H,(H,23,24). The summed E-state index contributed by atoms with van der Waals surface area (Å²) in [7, 11) is 0. The number of halogens is 1. The molecule has 1 amide bonds. The first kappa shape index (κ1) is 15.5. The predicted octanol–water partition coefficient (Wildman–Crippen LogP) is 6.01. The van der Waals surface area contributed by atoms with Crippen LogP contribution in [-0.2, 0) is 0 Å². The van der Waals surface area contributed by atoms with Crippen LogP contribution in [0.5, 0.6) is 0 Å². The van der Waals surface area contributed by atoms with E-state index in [-0.39, 0.29) is 11.7 Å². The zero-order valence-electron chi connectivity index (χ0n) is 13.2. The van der Waals surface area contributed by atoms with Crippen LogP contribution in [0.3, 0.4) is 0 Å². The third-order valence-corrected chi connectivity index (χ3v) is 4.25. The Bertz CT molecular complexity index is 1050. The monoisotopic (exact) mass is 347 g/mol. The van der Waals surface area contributed by atoms with Gasteiger partial charge in [-0.15, -0.1) is 0 Å². The predicted molar refractivity (Wildman–Crippen MR) is 101 cm³/mol. The lowest BCUT2D eigenvalue weighted by molar-refractivity contribution is 0.0997. The third-order valence-electron chi connectivity index (χ3n) is 4.00. The number of amides is 1. The summed E-state index contributed by atoms with van der Waals surface area (Å²) in [6.45, 7) is 0. The van der Waals surface area contributed by atoms with E-state index >= 15 is 0 Å². The number of rotatable bonds is 3. The van der Waals surface area contributed by atoms with Crippen LogP contribution in [0.15, 0.2) is 83.3 Å². The van der Waals surface area contributed by atoms with E-state index in [2.05, 4.69) is 5.32 Å². The Hall–Kier alpha value is -3.04. The topological polar surface area (TPSA) is 42.2 Å². The highest BCUT2D eigenvalue weighted by Gasteiger charge is 2.13. The van der Waals surface area contributed by atoms with Gasteiger partial charge in [0, 0.05) is 21.7 Å². The molecule has 1 heterocycles. The molecule has 1 aromatic heterocycles. The van der Waals surface area contributed by atoms with E-state index in [9.17, 15) is 4.79 Å². The SMILES string of the molecule is O=C(Nc1cccc2ccccc12)c1ccc(-c2ccc(Cl)cc2)o1. The van der Waals surface area contributed by atoms with Gasteiger partial charge in [0.25, 0.3) is 5.91 Å². The molecule has 3 nitrogen and oxygen atoms in total. The Labute approximate surface area is 149 Å². The summed E-state index contributed by atoms with van der Waals surface area (Å²) in [6.07, 6.45) is 0. The van der Waals surface area contributed by atoms with Crippen LogP contribution in [0.1, 0.15) is 10.6 Å². The molecule has 0 saturated carbocycles. The van der Waals surface area contributed by atoms with E-state index in [0.29, 0.717) is 10.8 Å². The van der Waals surface area contributed by atoms with Crippen molar-refractivity contribution in [2.45, 2.75) is 0 Å². The van der Waals surface area contributed by atoms with Crippen molar-refractivity contribution in [1.82, 2.24) is 0 Å². The maximum atomic E-state index is 12.5. The Kier molecular flexibility index (Phi) is 4.00. The first-order valence-electron chi connectivity index (χ1n) is 7.85. The molecular formula is C21H14ClNO2. The van der Waals surface area contributed by atoms with Gasteiger partial charge in [-0.25, -0.2) is 0 Å². The number of nitrogens with one attached hydrogen (secondary N) is 1. The average molecular weight is 348 g/mol. The van der Waals surface area contributed by atoms with Crippen LogP contribution in [0.25, 0.3) is 22.1 Å². The molecule has 25 heavy (non-hydrogen) atoms. The van der Waals surface area contributed by atoms with Gasteiger partial charge in [0.15, 0.2) is 5.76 Å². The molecule has 0 aliphatic carbocycles. The van der Waals surface area contributed by atoms with Gasteiger partial charge in [-0.1, -0.05) is 48.0 Å². The molecule has 0 radical (unpaired) electrons. The second kappa shape index (κ2) is 6.46. The Morgan fingerprint density at radius 2 is 1.60 bits per heavy atom. The lowest BCUT2D eigenvalue weighted by atomic mass is 10.1. The van der Waals surface area contributed by atoms with Crippen LogP contribution in [0.4, 0.5) is 5.69 Å². The van der Waals surface area contributed by atoms with Gasteiger partial charge in [0.1, 0.15) is 5.76 Å². The van der Waals surface area contributed by atoms with Crippen molar-refractivity contribution in [2.75, 3.05) is 5.32 Å². The number of furan rings is 1. The fourth-order valence-electron chi connectivity index (χ4n) is 2.75. The maximum absolute atomic E-state index is 12.5. The number of fused-ring (bicyclic) bond motifs is 1. The number of hydrogen-bond acceptors (Lipinski definition) is 2. The lowest BCUT2D eigenvalue weighted by Gasteiger charge is -2.07. The van der Waals surface area contributed by atoms with Gasteiger partial charge < -0.3 is 9.73 Å². The van der Waals surface area contributed by atoms with E-state index in [1.54, 1.807) is 24.3 Å². The van der Waals surface area contributed by atoms with Gasteiger partial charge in [-0.3, -0.25) is 4.79 Å². The van der Waals surface area contributed by atoms with E-state index < -0.39 is 0 Å². The minimum Gasteiger partial charge on any atom is -0.451 e. The molecule has 0 unspecified atom stereocenters. The highest BCUT2D eigenvalue weighted by molar-refractivity contribution is 6.30. The molecule has 0 aliphatic rings. The van der Waals surface area contributed by atoms with Crippen molar-refractivity contribution in [3.05, 3.63) is 89.6 Å². The summed E-state index contributed by atoms with van der Waals surface area (Å²) in [5.41, 5.74) is 1.63. The lowest BCUT2D eigenvalue weighted by Crippen LogP contribution is -2.11. The molecule has 0 aliphatic heterocycles. The summed E-state index contributed by atoms with van der Waals surface area (Å²) in [4.78, 5) is 12.5. The molecule has 0 atom stereocenters. The summed E-state index contributed by atoms with van der Waals surface area (Å²) >= 11 is 5.90. The van der Waals surface area contributed by atoms with E-state index in [1.807, 2.05) is 54.6 Å². The molecule has 4 rings (SSSR count). The molecule has 3 aromatic carbocycles. The van der Waals surface area contributed by atoms with Crippen molar-refractivity contribution >= 4 is 34.0 Å². The quantitative estimate of drug-likeness (QED) is 0.493. The van der Waals surface area contributed by atoms with Gasteiger partial charge in [-0.05, 0) is 47.9 Å². The first-order valence-corrected chi connectivity index (χ1v) is 8.23. The fourth-order valence-corrected chi connectivity index (χ4v) is 2.87. The molecule has 4 heteroatoms. The Morgan fingerprint density at radius 1 is 0.840 bits per heavy atom. The minimum absolute atomic E-state index is 0.262. The molecule has 0 saturated heterocycles. The average Bonchev–Trinajstić information content (AvgIpc) is 3.13. The molecule has 0 bridgehead atoms. The van der Waals surface area contributed by atoms with Crippen LogP contribution in [0.2, 0.25) is 5.02 Å². The van der Waals surface area contributed by atoms with Crippen LogP contribution in [0, 0.1) is 0 Å². The molecule has 0 spiro atoms. The summed E-state index contributed by atoms with van der Waals surface area (Å²) in [5, 5.41) is 5.64. The number of carbonyl (C=O) groups excluding carboxylic acids is 1. The Balaban J connectivity index is 1.60. The zero-order valence-corrected chi connectivity index (χ0v) is 14.0. The van der Waals surface area contributed by atoms with E-state index in [1.165, 1.54) is 0 Å². The summed E-state index contributed by atoms with van der Waals surface area (Å²) in [5.74, 6) is 0.606. The van der Waals surface area contributed by atoms with Crippen LogP contribution >= 0.6 is 11.6 Å². The fraction of sp³-hybridized carbons (Fsp3) is 0. The van der Waals surface area contributed by atoms with Crippen LogP contribution < -0.4 is 5.32 Å². The maximum Gasteiger partial charge on any atom is 0.291 e. The second-order valence-corrected chi connectivity index (χ2v) is 6.09. The normalized spacial score (nSPS) is 10.8. The van der Waals surface area contributed by atoms with Crippen molar-refractivity contribution in [3.8, 4) is 11.3 Å². The van der Waals surface area contributed by atoms with Crippen molar-refractivity contribution in [3.63, 3.8) is 0 Å². The van der Waals surface area contributed by atoms with Gasteiger partial charge in [0.05, 0.1) is 0 Å². The minimum atomic E-state index is -0.281. The third kappa shape index (κ3) is 3.14. The number of hydrogen-bond donors (Lipinski definition) is 1. The molecule has 122 valence electrons. The summed E-state index contributed by atoms with van der Waals surface area (Å²) < 4.78 is 5.70. The molecule has 4 aromatic rings. The number of anilines is 1. The van der Waals surface area contributed by atoms with Crippen molar-refractivity contribution < 1.29 is 9.21 Å². The number of carbonyl (C=O) groups is 1. The van der Waals surface area contributed by atoms with Crippen molar-refractivity contribution in [1.29, 1.82) is 0 Å². The van der Waals surface area contributed by atoms with E-state index in [4.69, 9.17) is 16.0 Å². The van der Waals surface area contributed by atoms with Gasteiger partial charge in [-0.2, -0.15) is 0 Å². The van der Waals surface area contributed by atoms with Crippen molar-refractivity contribution in [2.24, 2.45) is 0 Å².